The first-order valence-electron chi connectivity index (χ1n) is 12.9. The van der Waals surface area contributed by atoms with Crippen molar-refractivity contribution in [2.75, 3.05) is 0 Å². The minimum atomic E-state index is -1.61. The van der Waals surface area contributed by atoms with E-state index in [1.165, 1.54) is 22.3 Å². The number of nitrogens with zero attached hydrogens (tertiary/aromatic N) is 1. The summed E-state index contributed by atoms with van der Waals surface area (Å²) in [5.41, 5.74) is 10.6. The largest absolute Gasteiger partial charge is 0.455 e. The number of aryl methyl sites for hydroxylation is 3. The van der Waals surface area contributed by atoms with Gasteiger partial charge in [-0.05, 0) is 90.9 Å². The quantitative estimate of drug-likeness (QED) is 0.265. The van der Waals surface area contributed by atoms with Crippen LogP contribution in [0.3, 0.4) is 0 Å². The van der Waals surface area contributed by atoms with Crippen molar-refractivity contribution >= 4 is 21.9 Å². The molecule has 2 nitrogen and oxygen atoms in total. The molecule has 0 spiro atoms. The summed E-state index contributed by atoms with van der Waals surface area (Å²) in [5, 5.41) is 1.85. The Labute approximate surface area is 208 Å². The van der Waals surface area contributed by atoms with Gasteiger partial charge in [0, 0.05) is 25.3 Å². The van der Waals surface area contributed by atoms with Gasteiger partial charge in [0.1, 0.15) is 11.2 Å². The second-order valence-electron chi connectivity index (χ2n) is 9.19. The van der Waals surface area contributed by atoms with Gasteiger partial charge in [-0.25, -0.2) is 0 Å². The first-order valence-corrected chi connectivity index (χ1v) is 11.9. The Morgan fingerprint density at radius 2 is 1.54 bits per heavy atom. The molecule has 6 aromatic rings. The van der Waals surface area contributed by atoms with Crippen LogP contribution < -0.4 is 0 Å². The zero-order valence-electron chi connectivity index (χ0n) is 22.1. The van der Waals surface area contributed by atoms with Crippen LogP contribution in [0.1, 0.15) is 30.6 Å². The highest BCUT2D eigenvalue weighted by Crippen LogP contribution is 2.37. The van der Waals surface area contributed by atoms with Crippen LogP contribution in [0.2, 0.25) is 0 Å². The predicted molar refractivity (Wildman–Crippen MR) is 146 cm³/mol. The fourth-order valence-corrected chi connectivity index (χ4v) is 5.13. The lowest BCUT2D eigenvalue weighted by atomic mass is 9.93. The molecule has 0 saturated heterocycles. The van der Waals surface area contributed by atoms with E-state index >= 15 is 0 Å². The number of para-hydroxylation sites is 1. The molecule has 0 amide bonds. The van der Waals surface area contributed by atoms with E-state index < -0.39 is 6.37 Å². The molecule has 2 aromatic heterocycles. The zero-order valence-corrected chi connectivity index (χ0v) is 20.1. The van der Waals surface area contributed by atoms with Crippen LogP contribution in [-0.2, 0) is 6.37 Å². The van der Waals surface area contributed by atoms with Gasteiger partial charge in [0.05, 0.1) is 5.69 Å². The Balaban J connectivity index is 1.49. The summed E-state index contributed by atoms with van der Waals surface area (Å²) in [5.74, 6) is 0. The Morgan fingerprint density at radius 1 is 0.743 bits per heavy atom. The molecule has 0 N–H and O–H groups in total. The van der Waals surface area contributed by atoms with Crippen molar-refractivity contribution in [2.24, 2.45) is 0 Å². The molecule has 0 fully saturated rings. The SMILES string of the molecule is [2H]C([2H])(c1ccccc1)c1ccc2oc3c(-c4cc(-c5c(C)cc(C)cc5C)ccn4)cccc3c2c1. The number of hydrogen-bond acceptors (Lipinski definition) is 2. The molecule has 2 heteroatoms. The first-order chi connectivity index (χ1) is 17.8. The van der Waals surface area contributed by atoms with E-state index in [0.717, 1.165) is 38.8 Å². The van der Waals surface area contributed by atoms with Crippen molar-refractivity contribution < 1.29 is 7.16 Å². The fraction of sp³-hybridized carbons (Fsp3) is 0.121. The smallest absolute Gasteiger partial charge is 0.144 e. The van der Waals surface area contributed by atoms with E-state index in [-0.39, 0.29) is 0 Å². The van der Waals surface area contributed by atoms with Crippen molar-refractivity contribution in [1.82, 2.24) is 4.98 Å². The van der Waals surface area contributed by atoms with Crippen LogP contribution in [0, 0.1) is 20.8 Å². The highest BCUT2D eigenvalue weighted by Gasteiger charge is 2.15. The Kier molecular flexibility index (Phi) is 4.69. The van der Waals surface area contributed by atoms with Gasteiger partial charge in [0.15, 0.2) is 0 Å². The van der Waals surface area contributed by atoms with Crippen LogP contribution in [-0.4, -0.2) is 4.98 Å². The molecule has 0 aliphatic carbocycles. The number of furan rings is 1. The maximum atomic E-state index is 8.80. The molecule has 0 atom stereocenters. The molecular weight excluding hydrogens is 426 g/mol. The van der Waals surface area contributed by atoms with E-state index in [4.69, 9.17) is 12.1 Å². The minimum Gasteiger partial charge on any atom is -0.455 e. The summed E-state index contributed by atoms with van der Waals surface area (Å²) < 4.78 is 24.0. The summed E-state index contributed by atoms with van der Waals surface area (Å²) in [4.78, 5) is 4.71. The molecule has 0 aliphatic heterocycles. The molecular formula is C33H27NO. The van der Waals surface area contributed by atoms with Gasteiger partial charge >= 0.3 is 0 Å². The Morgan fingerprint density at radius 3 is 2.34 bits per heavy atom. The molecule has 2 heterocycles. The molecule has 4 aromatic carbocycles. The molecule has 35 heavy (non-hydrogen) atoms. The van der Waals surface area contributed by atoms with E-state index in [9.17, 15) is 0 Å². The lowest BCUT2D eigenvalue weighted by molar-refractivity contribution is 0.669. The zero-order chi connectivity index (χ0) is 25.7. The van der Waals surface area contributed by atoms with E-state index in [2.05, 4.69) is 45.0 Å². The van der Waals surface area contributed by atoms with Crippen molar-refractivity contribution in [3.8, 4) is 22.4 Å². The number of aromatic nitrogens is 1. The van der Waals surface area contributed by atoms with Crippen molar-refractivity contribution in [3.63, 3.8) is 0 Å². The molecule has 0 unspecified atom stereocenters. The van der Waals surface area contributed by atoms with Gasteiger partial charge in [0.2, 0.25) is 0 Å². The van der Waals surface area contributed by atoms with Crippen molar-refractivity contribution in [3.05, 3.63) is 125 Å². The lowest BCUT2D eigenvalue weighted by Crippen LogP contribution is -1.92. The Hall–Kier alpha value is -4.17. The molecule has 0 aliphatic rings. The van der Waals surface area contributed by atoms with Crippen LogP contribution >= 0.6 is 0 Å². The second kappa shape index (κ2) is 8.56. The summed E-state index contributed by atoms with van der Waals surface area (Å²) in [7, 11) is 0. The summed E-state index contributed by atoms with van der Waals surface area (Å²) in [6.45, 7) is 6.43. The molecule has 6 rings (SSSR count). The van der Waals surface area contributed by atoms with Crippen molar-refractivity contribution in [2.45, 2.75) is 27.1 Å². The highest BCUT2D eigenvalue weighted by atomic mass is 16.3. The van der Waals surface area contributed by atoms with Gasteiger partial charge in [0.25, 0.3) is 0 Å². The third-order valence-electron chi connectivity index (χ3n) is 6.56. The van der Waals surface area contributed by atoms with Crippen LogP contribution in [0.15, 0.2) is 102 Å². The number of rotatable bonds is 4. The van der Waals surface area contributed by atoms with Crippen LogP contribution in [0.25, 0.3) is 44.3 Å². The molecule has 0 radical (unpaired) electrons. The number of hydrogen-bond donors (Lipinski definition) is 0. The Bertz CT molecular complexity index is 1760. The second-order valence-corrected chi connectivity index (χ2v) is 9.19. The lowest BCUT2D eigenvalue weighted by Gasteiger charge is -2.12. The average molecular weight is 456 g/mol. The van der Waals surface area contributed by atoms with E-state index in [1.807, 2.05) is 72.9 Å². The van der Waals surface area contributed by atoms with E-state index in [0.29, 0.717) is 11.1 Å². The first kappa shape index (κ1) is 19.2. The summed E-state index contributed by atoms with van der Waals surface area (Å²) >= 11 is 0. The number of fused-ring (bicyclic) bond motifs is 3. The van der Waals surface area contributed by atoms with Gasteiger partial charge in [-0.1, -0.05) is 66.2 Å². The minimum absolute atomic E-state index is 0.602. The average Bonchev–Trinajstić information content (AvgIpc) is 3.27. The molecule has 0 bridgehead atoms. The van der Waals surface area contributed by atoms with Gasteiger partial charge in [-0.15, -0.1) is 0 Å². The third-order valence-corrected chi connectivity index (χ3v) is 6.56. The topological polar surface area (TPSA) is 26.0 Å². The monoisotopic (exact) mass is 455 g/mol. The number of benzene rings is 4. The predicted octanol–water partition coefficient (Wildman–Crippen LogP) is 8.83. The van der Waals surface area contributed by atoms with Gasteiger partial charge in [-0.2, -0.15) is 0 Å². The van der Waals surface area contributed by atoms with Gasteiger partial charge < -0.3 is 4.42 Å². The third kappa shape index (κ3) is 3.91. The fourth-order valence-electron chi connectivity index (χ4n) is 5.13. The van der Waals surface area contributed by atoms with E-state index in [1.54, 1.807) is 0 Å². The van der Waals surface area contributed by atoms with Crippen LogP contribution in [0.5, 0.6) is 0 Å². The van der Waals surface area contributed by atoms with Gasteiger partial charge in [-0.3, -0.25) is 4.98 Å². The van der Waals surface area contributed by atoms with Crippen molar-refractivity contribution in [1.29, 1.82) is 0 Å². The summed E-state index contributed by atoms with van der Waals surface area (Å²) in [6, 6.07) is 29.6. The summed E-state index contributed by atoms with van der Waals surface area (Å²) in [6.07, 6.45) is 0.244. The standard InChI is InChI=1S/C33H27NO/c1-21-16-22(2)32(23(3)17-21)26-14-15-34-30(20-26)28-11-7-10-27-29-19-25(12-13-31(29)35-33(27)28)18-24-8-5-4-6-9-24/h4-17,19-20H,18H2,1-3H3/i18D2. The normalized spacial score (nSPS) is 12.7. The number of pyridine rings is 1. The maximum absolute atomic E-state index is 8.80. The van der Waals surface area contributed by atoms with Crippen LogP contribution in [0.4, 0.5) is 0 Å². The molecule has 0 saturated carbocycles. The maximum Gasteiger partial charge on any atom is 0.144 e. The molecule has 170 valence electrons. The highest BCUT2D eigenvalue weighted by molar-refractivity contribution is 6.09.